The van der Waals surface area contributed by atoms with E-state index in [0.717, 1.165) is 9.13 Å². The molecule has 84 valence electrons. The van der Waals surface area contributed by atoms with Crippen LogP contribution in [-0.2, 0) is 6.42 Å². The lowest BCUT2D eigenvalue weighted by atomic mass is 10.0. The first-order valence-electron chi connectivity index (χ1n) is 4.43. The van der Waals surface area contributed by atoms with E-state index in [1.165, 1.54) is 0 Å². The highest BCUT2D eigenvalue weighted by Gasteiger charge is 2.30. The molecule has 0 heterocycles. The molecule has 1 aromatic carbocycles. The summed E-state index contributed by atoms with van der Waals surface area (Å²) < 4.78 is 37.0. The average Bonchev–Trinajstić information content (AvgIpc) is 2.05. The summed E-state index contributed by atoms with van der Waals surface area (Å²) in [7, 11) is 0. The normalized spacial score (nSPS) is 13.9. The van der Waals surface area contributed by atoms with E-state index >= 15 is 0 Å². The second-order valence-corrected chi connectivity index (χ2v) is 4.66. The van der Waals surface area contributed by atoms with Gasteiger partial charge in [-0.1, -0.05) is 12.1 Å². The van der Waals surface area contributed by atoms with Gasteiger partial charge in [-0.2, -0.15) is 13.2 Å². The van der Waals surface area contributed by atoms with Crippen LogP contribution < -0.4 is 5.73 Å². The molecule has 1 aromatic rings. The van der Waals surface area contributed by atoms with Gasteiger partial charge in [0.25, 0.3) is 0 Å². The fourth-order valence-electron chi connectivity index (χ4n) is 1.29. The summed E-state index contributed by atoms with van der Waals surface area (Å²) in [6.07, 6.45) is -4.85. The predicted molar refractivity (Wildman–Crippen MR) is 61.5 cm³/mol. The van der Waals surface area contributed by atoms with Gasteiger partial charge in [-0.25, -0.2) is 0 Å². The zero-order valence-corrected chi connectivity index (χ0v) is 10.0. The molecule has 0 aliphatic heterocycles. The maximum atomic E-state index is 12.0. The zero-order chi connectivity index (χ0) is 11.5. The van der Waals surface area contributed by atoms with Crippen molar-refractivity contribution in [2.24, 2.45) is 5.73 Å². The molecular formula is C10H11F3IN. The Hall–Kier alpha value is -0.300. The molecule has 0 spiro atoms. The SMILES string of the molecule is NC(Cc1ccc(I)cc1)CC(F)(F)F. The minimum absolute atomic E-state index is 0.260. The van der Waals surface area contributed by atoms with Crippen LogP contribution in [0.5, 0.6) is 0 Å². The van der Waals surface area contributed by atoms with Gasteiger partial charge in [0, 0.05) is 9.61 Å². The lowest BCUT2D eigenvalue weighted by Gasteiger charge is -2.13. The van der Waals surface area contributed by atoms with E-state index in [4.69, 9.17) is 5.73 Å². The van der Waals surface area contributed by atoms with Gasteiger partial charge in [0.15, 0.2) is 0 Å². The summed E-state index contributed by atoms with van der Waals surface area (Å²) in [5.74, 6) is 0. The summed E-state index contributed by atoms with van der Waals surface area (Å²) in [4.78, 5) is 0. The van der Waals surface area contributed by atoms with E-state index in [1.807, 2.05) is 12.1 Å². The summed E-state index contributed by atoms with van der Waals surface area (Å²) in [6.45, 7) is 0. The lowest BCUT2D eigenvalue weighted by molar-refractivity contribution is -0.138. The van der Waals surface area contributed by atoms with Crippen LogP contribution in [0.3, 0.4) is 0 Å². The van der Waals surface area contributed by atoms with Crippen molar-refractivity contribution in [1.29, 1.82) is 0 Å². The summed E-state index contributed by atoms with van der Waals surface area (Å²) >= 11 is 2.14. The largest absolute Gasteiger partial charge is 0.390 e. The molecule has 0 aliphatic carbocycles. The predicted octanol–water partition coefficient (Wildman–Crippen LogP) is 3.11. The monoisotopic (exact) mass is 329 g/mol. The number of alkyl halides is 3. The molecule has 2 N–H and O–H groups in total. The van der Waals surface area contributed by atoms with Gasteiger partial charge in [-0.3, -0.25) is 0 Å². The molecule has 0 amide bonds. The molecule has 0 aliphatic rings. The minimum Gasteiger partial charge on any atom is -0.327 e. The summed E-state index contributed by atoms with van der Waals surface area (Å²) in [6, 6.07) is 6.47. The number of rotatable bonds is 3. The Labute approximate surface area is 100.0 Å². The van der Waals surface area contributed by atoms with Gasteiger partial charge in [0.05, 0.1) is 6.42 Å². The van der Waals surface area contributed by atoms with Gasteiger partial charge >= 0.3 is 6.18 Å². The molecule has 0 saturated carbocycles. The molecule has 0 radical (unpaired) electrons. The van der Waals surface area contributed by atoms with E-state index < -0.39 is 18.6 Å². The highest BCUT2D eigenvalue weighted by atomic mass is 127. The highest BCUT2D eigenvalue weighted by Crippen LogP contribution is 2.22. The van der Waals surface area contributed by atoms with Crippen LogP contribution in [0.4, 0.5) is 13.2 Å². The minimum atomic E-state index is -4.18. The maximum absolute atomic E-state index is 12.0. The molecule has 0 bridgehead atoms. The Morgan fingerprint density at radius 1 is 1.20 bits per heavy atom. The first-order chi connectivity index (χ1) is 6.87. The van der Waals surface area contributed by atoms with Crippen molar-refractivity contribution in [3.05, 3.63) is 33.4 Å². The molecule has 1 unspecified atom stereocenters. The molecule has 1 atom stereocenters. The second kappa shape index (κ2) is 5.16. The maximum Gasteiger partial charge on any atom is 0.390 e. The Morgan fingerprint density at radius 2 is 1.73 bits per heavy atom. The van der Waals surface area contributed by atoms with Crippen LogP contribution in [0.15, 0.2) is 24.3 Å². The molecular weight excluding hydrogens is 318 g/mol. The van der Waals surface area contributed by atoms with E-state index in [2.05, 4.69) is 22.6 Å². The van der Waals surface area contributed by atoms with Crippen molar-refractivity contribution in [3.63, 3.8) is 0 Å². The third-order valence-corrected chi connectivity index (χ3v) is 2.62. The van der Waals surface area contributed by atoms with Crippen LogP contribution in [0.2, 0.25) is 0 Å². The quantitative estimate of drug-likeness (QED) is 0.848. The first-order valence-corrected chi connectivity index (χ1v) is 5.51. The van der Waals surface area contributed by atoms with Crippen molar-refractivity contribution in [3.8, 4) is 0 Å². The third kappa shape index (κ3) is 5.36. The fourth-order valence-corrected chi connectivity index (χ4v) is 1.65. The molecule has 0 aromatic heterocycles. The zero-order valence-electron chi connectivity index (χ0n) is 7.89. The van der Waals surface area contributed by atoms with Crippen LogP contribution in [0, 0.1) is 3.57 Å². The van der Waals surface area contributed by atoms with Crippen molar-refractivity contribution in [2.75, 3.05) is 0 Å². The van der Waals surface area contributed by atoms with E-state index in [0.29, 0.717) is 0 Å². The standard InChI is InChI=1S/C10H11F3IN/c11-10(12,13)6-9(15)5-7-1-3-8(14)4-2-7/h1-4,9H,5-6,15H2. The number of nitrogens with two attached hydrogens (primary N) is 1. The fraction of sp³-hybridized carbons (Fsp3) is 0.400. The van der Waals surface area contributed by atoms with Gasteiger partial charge in [0.1, 0.15) is 0 Å². The van der Waals surface area contributed by atoms with E-state index in [-0.39, 0.29) is 6.42 Å². The molecule has 1 rings (SSSR count). The summed E-state index contributed by atoms with van der Waals surface area (Å²) in [5, 5.41) is 0. The third-order valence-electron chi connectivity index (χ3n) is 1.90. The number of hydrogen-bond acceptors (Lipinski definition) is 1. The molecule has 1 nitrogen and oxygen atoms in total. The summed E-state index contributed by atoms with van der Waals surface area (Å²) in [5.41, 5.74) is 6.25. The lowest BCUT2D eigenvalue weighted by Crippen LogP contribution is -2.29. The number of benzene rings is 1. The van der Waals surface area contributed by atoms with Crippen LogP contribution in [0.25, 0.3) is 0 Å². The number of halogens is 4. The van der Waals surface area contributed by atoms with Gasteiger partial charge in [0.2, 0.25) is 0 Å². The van der Waals surface area contributed by atoms with Crippen molar-refractivity contribution in [1.82, 2.24) is 0 Å². The molecule has 0 saturated heterocycles. The Morgan fingerprint density at radius 3 is 2.20 bits per heavy atom. The van der Waals surface area contributed by atoms with Crippen molar-refractivity contribution < 1.29 is 13.2 Å². The van der Waals surface area contributed by atoms with Gasteiger partial charge < -0.3 is 5.73 Å². The molecule has 0 fully saturated rings. The van der Waals surface area contributed by atoms with E-state index in [9.17, 15) is 13.2 Å². The molecule has 15 heavy (non-hydrogen) atoms. The van der Waals surface area contributed by atoms with Crippen LogP contribution >= 0.6 is 22.6 Å². The van der Waals surface area contributed by atoms with E-state index in [1.54, 1.807) is 12.1 Å². The average molecular weight is 329 g/mol. The second-order valence-electron chi connectivity index (χ2n) is 3.41. The van der Waals surface area contributed by atoms with Crippen molar-refractivity contribution in [2.45, 2.75) is 25.1 Å². The van der Waals surface area contributed by atoms with Crippen molar-refractivity contribution >= 4 is 22.6 Å². The van der Waals surface area contributed by atoms with Gasteiger partial charge in [-0.15, -0.1) is 0 Å². The Balaban J connectivity index is 2.51. The number of hydrogen-bond donors (Lipinski definition) is 1. The topological polar surface area (TPSA) is 26.0 Å². The smallest absolute Gasteiger partial charge is 0.327 e. The first kappa shape index (κ1) is 12.8. The Bertz CT molecular complexity index is 307. The van der Waals surface area contributed by atoms with Gasteiger partial charge in [-0.05, 0) is 46.7 Å². The van der Waals surface area contributed by atoms with Crippen LogP contribution in [0.1, 0.15) is 12.0 Å². The molecule has 5 heteroatoms. The van der Waals surface area contributed by atoms with Crippen LogP contribution in [-0.4, -0.2) is 12.2 Å². The Kier molecular flexibility index (Phi) is 4.39. The highest BCUT2D eigenvalue weighted by molar-refractivity contribution is 14.1.